The van der Waals surface area contributed by atoms with Crippen LogP contribution in [0.2, 0.25) is 0 Å². The van der Waals surface area contributed by atoms with Crippen molar-refractivity contribution in [2.45, 2.75) is 44.0 Å². The molecular weight excluding hydrogens is 436 g/mol. The minimum atomic E-state index is -3.72. The van der Waals surface area contributed by atoms with Crippen molar-refractivity contribution in [3.63, 3.8) is 0 Å². The average Bonchev–Trinajstić information content (AvgIpc) is 3.00. The Balaban J connectivity index is 1.67. The molecule has 10 heteroatoms. The van der Waals surface area contributed by atoms with E-state index in [1.54, 1.807) is 13.0 Å². The summed E-state index contributed by atoms with van der Waals surface area (Å²) in [5.41, 5.74) is 1.94. The van der Waals surface area contributed by atoms with Gasteiger partial charge in [-0.05, 0) is 50.6 Å². The third-order valence-corrected chi connectivity index (χ3v) is 7.48. The Morgan fingerprint density at radius 3 is 2.68 bits per heavy atom. The Morgan fingerprint density at radius 1 is 1.23 bits per heavy atom. The molecular formula is C21H30N4O4S2. The predicted octanol–water partition coefficient (Wildman–Crippen LogP) is 3.00. The zero-order valence-corrected chi connectivity index (χ0v) is 19.7. The fraction of sp³-hybridized carbons (Fsp3) is 0.524. The van der Waals surface area contributed by atoms with Crippen LogP contribution in [0.4, 0.5) is 5.13 Å². The van der Waals surface area contributed by atoms with E-state index in [9.17, 15) is 13.2 Å². The second-order valence-electron chi connectivity index (χ2n) is 7.66. The van der Waals surface area contributed by atoms with Crippen LogP contribution >= 0.6 is 11.3 Å². The molecule has 2 N–H and O–H groups in total. The van der Waals surface area contributed by atoms with Crippen LogP contribution < -0.4 is 10.0 Å². The zero-order chi connectivity index (χ0) is 22.3. The molecule has 0 radical (unpaired) electrons. The average molecular weight is 467 g/mol. The Morgan fingerprint density at radius 2 is 1.97 bits per heavy atom. The molecule has 170 valence electrons. The van der Waals surface area contributed by atoms with Gasteiger partial charge in [0.15, 0.2) is 5.13 Å². The van der Waals surface area contributed by atoms with Gasteiger partial charge in [-0.2, -0.15) is 0 Å². The number of carbonyl (C=O) groups excluding carboxylic acids is 1. The fourth-order valence-corrected chi connectivity index (χ4v) is 5.23. The summed E-state index contributed by atoms with van der Waals surface area (Å²) in [5.74, 6) is -0.373. The van der Waals surface area contributed by atoms with Crippen LogP contribution in [0, 0.1) is 6.92 Å². The number of methoxy groups -OCH3 is 1. The number of nitrogens with one attached hydrogen (secondary N) is 2. The van der Waals surface area contributed by atoms with Gasteiger partial charge in [0.05, 0.1) is 17.2 Å². The number of thiazole rings is 1. The zero-order valence-electron chi connectivity index (χ0n) is 18.0. The first-order chi connectivity index (χ1) is 14.9. The van der Waals surface area contributed by atoms with E-state index in [0.717, 1.165) is 25.3 Å². The minimum Gasteiger partial charge on any atom is -0.383 e. The third-order valence-electron chi connectivity index (χ3n) is 5.22. The van der Waals surface area contributed by atoms with Crippen molar-refractivity contribution >= 4 is 32.4 Å². The van der Waals surface area contributed by atoms with Crippen LogP contribution in [0.5, 0.6) is 0 Å². The first-order valence-corrected chi connectivity index (χ1v) is 12.8. The maximum absolute atomic E-state index is 12.8. The van der Waals surface area contributed by atoms with Crippen molar-refractivity contribution in [3.8, 4) is 0 Å². The summed E-state index contributed by atoms with van der Waals surface area (Å²) in [4.78, 5) is 19.8. The second kappa shape index (κ2) is 11.1. The first-order valence-electron chi connectivity index (χ1n) is 10.5. The van der Waals surface area contributed by atoms with Gasteiger partial charge in [-0.25, -0.2) is 18.1 Å². The van der Waals surface area contributed by atoms with Gasteiger partial charge in [-0.1, -0.05) is 18.9 Å². The molecule has 2 aromatic rings. The number of amides is 1. The topological polar surface area (TPSA) is 101 Å². The molecule has 0 unspecified atom stereocenters. The fourth-order valence-electron chi connectivity index (χ4n) is 3.50. The molecule has 8 nitrogen and oxygen atoms in total. The number of ether oxygens (including phenoxy) is 1. The van der Waals surface area contributed by atoms with Gasteiger partial charge in [-0.3, -0.25) is 15.0 Å². The number of aromatic nitrogens is 1. The van der Waals surface area contributed by atoms with E-state index in [0.29, 0.717) is 16.3 Å². The summed E-state index contributed by atoms with van der Waals surface area (Å²) in [7, 11) is -2.22. The normalized spacial score (nSPS) is 15.5. The lowest BCUT2D eigenvalue weighted by atomic mass is 10.1. The van der Waals surface area contributed by atoms with Gasteiger partial charge in [-0.15, -0.1) is 11.3 Å². The molecule has 2 heterocycles. The molecule has 1 fully saturated rings. The van der Waals surface area contributed by atoms with Gasteiger partial charge in [0.2, 0.25) is 10.0 Å². The largest absolute Gasteiger partial charge is 0.383 e. The Bertz CT molecular complexity index is 983. The number of nitrogens with zero attached hydrogens (tertiary/aromatic N) is 2. The number of aryl methyl sites for hydroxylation is 1. The number of sulfonamides is 1. The molecule has 1 aliphatic rings. The van der Waals surface area contributed by atoms with E-state index in [4.69, 9.17) is 4.74 Å². The molecule has 1 amide bonds. The number of hydrogen-bond acceptors (Lipinski definition) is 7. The maximum atomic E-state index is 12.8. The minimum absolute atomic E-state index is 0.0420. The molecule has 1 aromatic heterocycles. The summed E-state index contributed by atoms with van der Waals surface area (Å²) >= 11 is 1.38. The first kappa shape index (κ1) is 23.8. The number of rotatable bonds is 9. The Hall–Kier alpha value is -1.85. The van der Waals surface area contributed by atoms with Crippen LogP contribution in [0.25, 0.3) is 0 Å². The molecule has 0 spiro atoms. The lowest BCUT2D eigenvalue weighted by molar-refractivity contribution is 0.102. The van der Waals surface area contributed by atoms with Gasteiger partial charge in [0, 0.05) is 31.1 Å². The summed E-state index contributed by atoms with van der Waals surface area (Å²) in [6, 6.07) is 4.52. The molecule has 1 aromatic carbocycles. The number of carbonyl (C=O) groups is 1. The standard InChI is InChI=1S/C21H30N4O4S2/c1-16-7-8-18(31(27,28)22-9-12-29-2)13-19(16)20(26)24-21-23-17(15-30-21)14-25-10-5-3-4-6-11-25/h7-8,13,15,22H,3-6,9-12,14H2,1-2H3,(H,23,24,26). The van der Waals surface area contributed by atoms with Gasteiger partial charge in [0.25, 0.3) is 5.91 Å². The van der Waals surface area contributed by atoms with Crippen LogP contribution in [-0.2, 0) is 21.3 Å². The van der Waals surface area contributed by atoms with Gasteiger partial charge >= 0.3 is 0 Å². The Kier molecular flexibility index (Phi) is 8.56. The van der Waals surface area contributed by atoms with E-state index >= 15 is 0 Å². The number of anilines is 1. The maximum Gasteiger partial charge on any atom is 0.257 e. The number of hydrogen-bond donors (Lipinski definition) is 2. The molecule has 3 rings (SSSR count). The van der Waals surface area contributed by atoms with Gasteiger partial charge < -0.3 is 4.74 Å². The lowest BCUT2D eigenvalue weighted by Crippen LogP contribution is -2.27. The number of benzene rings is 1. The van der Waals surface area contributed by atoms with Crippen molar-refractivity contribution in [2.24, 2.45) is 0 Å². The van der Waals surface area contributed by atoms with Crippen molar-refractivity contribution in [2.75, 3.05) is 38.7 Å². The number of likely N-dealkylation sites (tertiary alicyclic amines) is 1. The summed E-state index contributed by atoms with van der Waals surface area (Å²) in [5, 5.41) is 5.30. The highest BCUT2D eigenvalue weighted by Gasteiger charge is 2.19. The molecule has 0 bridgehead atoms. The SMILES string of the molecule is COCCNS(=O)(=O)c1ccc(C)c(C(=O)Nc2nc(CN3CCCCCC3)cs2)c1. The monoisotopic (exact) mass is 466 g/mol. The molecule has 1 saturated heterocycles. The van der Waals surface area contributed by atoms with Crippen LogP contribution in [-0.4, -0.2) is 57.6 Å². The van der Waals surface area contributed by atoms with E-state index < -0.39 is 10.0 Å². The highest BCUT2D eigenvalue weighted by Crippen LogP contribution is 2.21. The molecule has 0 saturated carbocycles. The van der Waals surface area contributed by atoms with Crippen LogP contribution in [0.3, 0.4) is 0 Å². The quantitative estimate of drug-likeness (QED) is 0.551. The van der Waals surface area contributed by atoms with E-state index in [2.05, 4.69) is 19.9 Å². The van der Waals surface area contributed by atoms with Crippen LogP contribution in [0.15, 0.2) is 28.5 Å². The predicted molar refractivity (Wildman–Crippen MR) is 122 cm³/mol. The molecule has 31 heavy (non-hydrogen) atoms. The van der Waals surface area contributed by atoms with Crippen molar-refractivity contribution < 1.29 is 17.9 Å². The molecule has 0 aliphatic carbocycles. The summed E-state index contributed by atoms with van der Waals surface area (Å²) in [6.45, 7) is 5.15. The summed E-state index contributed by atoms with van der Waals surface area (Å²) in [6.07, 6.45) is 5.00. The lowest BCUT2D eigenvalue weighted by Gasteiger charge is -2.17. The highest BCUT2D eigenvalue weighted by atomic mass is 32.2. The van der Waals surface area contributed by atoms with Crippen molar-refractivity contribution in [3.05, 3.63) is 40.4 Å². The Labute approximate surface area is 188 Å². The second-order valence-corrected chi connectivity index (χ2v) is 10.3. The smallest absolute Gasteiger partial charge is 0.257 e. The van der Waals surface area contributed by atoms with Crippen molar-refractivity contribution in [1.82, 2.24) is 14.6 Å². The van der Waals surface area contributed by atoms with Crippen molar-refractivity contribution in [1.29, 1.82) is 0 Å². The van der Waals surface area contributed by atoms with E-state index in [1.165, 1.54) is 56.3 Å². The molecule has 1 aliphatic heterocycles. The van der Waals surface area contributed by atoms with Crippen LogP contribution in [0.1, 0.15) is 47.3 Å². The van der Waals surface area contributed by atoms with Gasteiger partial charge in [0.1, 0.15) is 0 Å². The van der Waals surface area contributed by atoms with E-state index in [1.807, 2.05) is 5.38 Å². The summed E-state index contributed by atoms with van der Waals surface area (Å²) < 4.78 is 32.2. The molecule has 0 atom stereocenters. The van der Waals surface area contributed by atoms with E-state index in [-0.39, 0.29) is 24.0 Å². The highest BCUT2D eigenvalue weighted by molar-refractivity contribution is 7.89. The third kappa shape index (κ3) is 6.81.